The van der Waals surface area contributed by atoms with Gasteiger partial charge in [0.2, 0.25) is 0 Å². The highest BCUT2D eigenvalue weighted by Gasteiger charge is 2.44. The third kappa shape index (κ3) is 1.63. The summed E-state index contributed by atoms with van der Waals surface area (Å²) in [5.41, 5.74) is -3.65. The van der Waals surface area contributed by atoms with Gasteiger partial charge >= 0.3 is 0 Å². The van der Waals surface area contributed by atoms with Crippen molar-refractivity contribution in [3.63, 3.8) is 0 Å². The Bertz CT molecular complexity index is 570. The van der Waals surface area contributed by atoms with Crippen LogP contribution >= 0.6 is 0 Å². The third-order valence-electron chi connectivity index (χ3n) is 1.24. The van der Waals surface area contributed by atoms with E-state index >= 15 is 0 Å². The fourth-order valence-corrected chi connectivity index (χ4v) is 0.774. The predicted octanol–water partition coefficient (Wildman–Crippen LogP) is 1.31. The van der Waals surface area contributed by atoms with Crippen molar-refractivity contribution in [3.05, 3.63) is 0 Å². The molecule has 3 heteroatoms. The van der Waals surface area contributed by atoms with Gasteiger partial charge < -0.3 is 5.73 Å². The number of hydrogen-bond donors (Lipinski definition) is 1. The van der Waals surface area contributed by atoms with Gasteiger partial charge in [0.1, 0.15) is 0 Å². The van der Waals surface area contributed by atoms with Crippen molar-refractivity contribution in [2.45, 2.75) is 57.2 Å². The van der Waals surface area contributed by atoms with Crippen LogP contribution in [-0.2, 0) is 5.21 Å². The second-order valence-corrected chi connectivity index (χ2v) is 2.38. The molecule has 0 saturated carbocycles. The summed E-state index contributed by atoms with van der Waals surface area (Å²) in [5.74, 6) is 0. The van der Waals surface area contributed by atoms with Crippen molar-refractivity contribution < 1.29 is 28.5 Å². The highest BCUT2D eigenvalue weighted by molar-refractivity contribution is 4.97. The zero-order chi connectivity index (χ0) is 24.1. The smallest absolute Gasteiger partial charge is 0.0464 e. The summed E-state index contributed by atoms with van der Waals surface area (Å²) in [6.07, 6.45) is -8.58. The molecular weight excluding hydrogens is 152 g/mol. The van der Waals surface area contributed by atoms with Crippen molar-refractivity contribution in [1.82, 2.24) is 5.06 Å². The van der Waals surface area contributed by atoms with E-state index in [1.165, 1.54) is 0 Å². The second-order valence-electron chi connectivity index (χ2n) is 2.38. The van der Waals surface area contributed by atoms with Crippen molar-refractivity contribution in [2.75, 3.05) is 0 Å². The van der Waals surface area contributed by atoms with E-state index in [1.807, 2.05) is 0 Å². The molecule has 1 radical (unpaired) electrons. The summed E-state index contributed by atoms with van der Waals surface area (Å²) < 4.78 is 131. The molecule has 0 amide bonds. The minimum absolute atomic E-state index is 1.53. The van der Waals surface area contributed by atoms with Gasteiger partial charge in [-0.2, -0.15) is 0 Å². The number of hydroxylamine groups is 2. The Morgan fingerprint density at radius 2 is 1.92 bits per heavy atom. The lowest BCUT2D eigenvalue weighted by Crippen LogP contribution is -2.61. The van der Waals surface area contributed by atoms with Crippen LogP contribution in [0, 0.1) is 0 Å². The number of nitrogens with zero attached hydrogens (tertiary/aromatic N) is 1. The van der Waals surface area contributed by atoms with Crippen LogP contribution in [0.4, 0.5) is 0 Å². The van der Waals surface area contributed by atoms with Gasteiger partial charge in [-0.15, -0.1) is 10.3 Å². The minimum Gasteiger partial charge on any atom is -0.328 e. The summed E-state index contributed by atoms with van der Waals surface area (Å²) in [4.78, 5) is 0. The molecule has 0 unspecified atom stereocenters. The van der Waals surface area contributed by atoms with E-state index in [9.17, 15) is 5.21 Å². The van der Waals surface area contributed by atoms with Crippen LogP contribution in [0.5, 0.6) is 0 Å². The van der Waals surface area contributed by atoms with Crippen LogP contribution in [0.25, 0.3) is 0 Å². The first-order valence-corrected chi connectivity index (χ1v) is 2.92. The normalized spacial score (nSPS) is 66.7. The maximum atomic E-state index is 13.3. The second kappa shape index (κ2) is 2.69. The molecular formula is C9H19N2O. The number of rotatable bonds is 0. The van der Waals surface area contributed by atoms with Crippen molar-refractivity contribution >= 4 is 0 Å². The zero-order valence-electron chi connectivity index (χ0n) is 22.9. The molecule has 0 aliphatic carbocycles. The summed E-state index contributed by atoms with van der Waals surface area (Å²) in [6, 6.07) is -4.12. The number of piperidine rings is 1. The maximum Gasteiger partial charge on any atom is 0.0464 e. The van der Waals surface area contributed by atoms with Crippen LogP contribution < -0.4 is 5.73 Å². The molecule has 71 valence electrons. The lowest BCUT2D eigenvalue weighted by molar-refractivity contribution is -0.288. The topological polar surface area (TPSA) is 49.2 Å². The first-order valence-electron chi connectivity index (χ1n) is 11.4. The molecule has 1 aliphatic heterocycles. The monoisotopic (exact) mass is 188 g/mol. The highest BCUT2D eigenvalue weighted by atomic mass is 16.5. The van der Waals surface area contributed by atoms with Gasteiger partial charge in [0.05, 0.1) is 0 Å². The van der Waals surface area contributed by atoms with Gasteiger partial charge in [-0.1, -0.05) is 0 Å². The van der Waals surface area contributed by atoms with E-state index in [0.29, 0.717) is 0 Å². The van der Waals surface area contributed by atoms with E-state index < -0.39 is 62.3 Å². The van der Waals surface area contributed by atoms with E-state index in [1.54, 1.807) is 0 Å². The number of nitrogens with two attached hydrogens (primary N) is 1. The Morgan fingerprint density at radius 3 is 2.25 bits per heavy atom. The largest absolute Gasteiger partial charge is 0.328 e. The molecule has 0 aromatic carbocycles. The first kappa shape index (κ1) is 1.69. The van der Waals surface area contributed by atoms with Gasteiger partial charge in [-0.05, 0) is 40.2 Å². The fraction of sp³-hybridized carbons (Fsp3) is 1.00. The predicted molar refractivity (Wildman–Crippen MR) is 47.9 cm³/mol. The molecule has 1 heterocycles. The van der Waals surface area contributed by atoms with Gasteiger partial charge in [-0.25, -0.2) is 0 Å². The molecule has 2 N–H and O–H groups in total. The van der Waals surface area contributed by atoms with Gasteiger partial charge in [0.25, 0.3) is 0 Å². The van der Waals surface area contributed by atoms with Crippen LogP contribution in [-0.4, -0.2) is 22.2 Å². The quantitative estimate of drug-likeness (QED) is 0.623. The Morgan fingerprint density at radius 1 is 1.50 bits per heavy atom. The Kier molecular flexibility index (Phi) is 0.378. The molecule has 0 aromatic rings. The van der Waals surface area contributed by atoms with Gasteiger partial charge in [0.15, 0.2) is 0 Å². The summed E-state index contributed by atoms with van der Waals surface area (Å²) in [5, 5.41) is 11.8. The van der Waals surface area contributed by atoms with E-state index in [-0.39, 0.29) is 0 Å². The fourth-order valence-electron chi connectivity index (χ4n) is 0.774. The molecule has 0 aromatic heterocycles. The summed E-state index contributed by atoms with van der Waals surface area (Å²) >= 11 is 0. The molecule has 0 bridgehead atoms. The van der Waals surface area contributed by atoms with Crippen LogP contribution in [0.1, 0.15) is 63.5 Å². The van der Waals surface area contributed by atoms with Crippen LogP contribution in [0.2, 0.25) is 0 Å². The number of hydrogen-bond acceptors (Lipinski definition) is 2. The average molecular weight is 188 g/mol. The third-order valence-corrected chi connectivity index (χ3v) is 1.24. The van der Waals surface area contributed by atoms with E-state index in [0.717, 1.165) is 0 Å². The van der Waals surface area contributed by atoms with Crippen molar-refractivity contribution in [2.24, 2.45) is 5.73 Å². The Balaban J connectivity index is 4.52. The van der Waals surface area contributed by atoms with Crippen LogP contribution in [0.3, 0.4) is 0 Å². The summed E-state index contributed by atoms with van der Waals surface area (Å²) in [6.45, 7) is -17.1. The molecule has 1 fully saturated rings. The van der Waals surface area contributed by atoms with Crippen molar-refractivity contribution in [1.29, 1.82) is 0 Å². The molecule has 0 spiro atoms. The molecule has 1 rings (SSSR count). The Hall–Kier alpha value is -0.120. The van der Waals surface area contributed by atoms with E-state index in [4.69, 9.17) is 29.0 Å². The maximum absolute atomic E-state index is 13.3. The molecule has 12 heavy (non-hydrogen) atoms. The summed E-state index contributed by atoms with van der Waals surface area (Å²) in [7, 11) is 0. The molecule has 0 atom stereocenters. The average Bonchev–Trinajstić information content (AvgIpc) is 2.29. The van der Waals surface area contributed by atoms with Crippen molar-refractivity contribution in [3.8, 4) is 0 Å². The minimum atomic E-state index is -4.52. The van der Waals surface area contributed by atoms with Crippen LogP contribution in [0.15, 0.2) is 0 Å². The lowest BCUT2D eigenvalue weighted by Gasteiger charge is -2.49. The Labute approximate surface area is 98.4 Å². The van der Waals surface area contributed by atoms with Gasteiger partial charge in [-0.3, -0.25) is 0 Å². The standard InChI is InChI=1S/C9H19N2O/c1-8(2)5-7(10)6-9(3,4)11(8)12/h7H,5-6,10H2,1-4H3/i1D3,2D3,3D3,4D3,5D2,6D2,7D. The molecule has 1 saturated heterocycles. The zero-order valence-corrected chi connectivity index (χ0v) is 5.93. The van der Waals surface area contributed by atoms with E-state index in [2.05, 4.69) is 0 Å². The first-order chi connectivity index (χ1) is 12.2. The molecule has 3 nitrogen and oxygen atoms in total. The highest BCUT2D eigenvalue weighted by Crippen LogP contribution is 2.35. The van der Waals surface area contributed by atoms with Gasteiger partial charge in [0, 0.05) is 40.4 Å². The SMILES string of the molecule is [2H]C([2H])([2H])C1(C([2H])([2H])[2H])N([O])C(C([2H])([2H])[2H])(C([2H])([2H])[2H])C([2H])([2H])C([2H])(N)C1([2H])[2H]. The lowest BCUT2D eigenvalue weighted by atomic mass is 9.79. The molecule has 1 aliphatic rings.